The summed E-state index contributed by atoms with van der Waals surface area (Å²) in [5.74, 6) is -3.23. The van der Waals surface area contributed by atoms with Gasteiger partial charge >= 0.3 is 23.9 Å². The number of nitrogens with zero attached hydrogens (tertiary/aromatic N) is 2. The number of H-pyrrole nitrogens is 2. The molecule has 2 aliphatic heterocycles. The average Bonchev–Trinajstić information content (AvgIpc) is 3.95. The van der Waals surface area contributed by atoms with Crippen molar-refractivity contribution in [3.8, 4) is 0 Å². The molecular formula is C50H52N4O6. The Hall–Kier alpha value is -6.10. The first-order valence-corrected chi connectivity index (χ1v) is 21.2. The highest BCUT2D eigenvalue weighted by atomic mass is 16.6. The van der Waals surface area contributed by atoms with Crippen molar-refractivity contribution in [1.82, 2.24) is 19.8 Å². The molecule has 2 saturated heterocycles. The van der Waals surface area contributed by atoms with Crippen molar-refractivity contribution in [3.63, 3.8) is 0 Å². The summed E-state index contributed by atoms with van der Waals surface area (Å²) >= 11 is 0. The van der Waals surface area contributed by atoms with E-state index in [1.54, 1.807) is 0 Å². The highest BCUT2D eigenvalue weighted by Crippen LogP contribution is 2.38. The van der Waals surface area contributed by atoms with E-state index < -0.39 is 23.9 Å². The van der Waals surface area contributed by atoms with Crippen molar-refractivity contribution in [2.24, 2.45) is 11.8 Å². The molecule has 10 heteroatoms. The Morgan fingerprint density at radius 2 is 0.950 bits per heavy atom. The zero-order valence-corrected chi connectivity index (χ0v) is 33.8. The van der Waals surface area contributed by atoms with Crippen molar-refractivity contribution >= 4 is 45.7 Å². The lowest BCUT2D eigenvalue weighted by Gasteiger charge is -2.36. The fourth-order valence-corrected chi connectivity index (χ4v) is 9.29. The van der Waals surface area contributed by atoms with Crippen molar-refractivity contribution < 1.29 is 28.7 Å². The Morgan fingerprint density at radius 3 is 1.35 bits per heavy atom. The minimum absolute atomic E-state index is 0.0128. The molecule has 2 unspecified atom stereocenters. The second-order valence-corrected chi connectivity index (χ2v) is 16.4. The topological polar surface area (TPSA) is 125 Å². The normalized spacial score (nSPS) is 16.9. The van der Waals surface area contributed by atoms with Gasteiger partial charge in [0.15, 0.2) is 0 Å². The number of fused-ring (bicyclic) bond motifs is 2. The molecule has 0 amide bonds. The third kappa shape index (κ3) is 10.5. The minimum atomic E-state index is -0.986. The number of esters is 4. The van der Waals surface area contributed by atoms with Gasteiger partial charge in [0.05, 0.1) is 12.8 Å². The van der Waals surface area contributed by atoms with Gasteiger partial charge in [-0.05, 0) is 133 Å². The number of hydrogen-bond acceptors (Lipinski definition) is 8. The second kappa shape index (κ2) is 19.3. The van der Waals surface area contributed by atoms with Crippen molar-refractivity contribution in [2.45, 2.75) is 63.5 Å². The maximum atomic E-state index is 13.3. The summed E-state index contributed by atoms with van der Waals surface area (Å²) in [5, 5.41) is 2.16. The van der Waals surface area contributed by atoms with Gasteiger partial charge in [-0.2, -0.15) is 0 Å². The number of nitrogens with one attached hydrogen (secondary N) is 2. The molecule has 60 heavy (non-hydrogen) atoms. The van der Waals surface area contributed by atoms with E-state index in [-0.39, 0.29) is 36.5 Å². The molecule has 308 valence electrons. The van der Waals surface area contributed by atoms with Crippen LogP contribution in [-0.2, 0) is 41.7 Å². The van der Waals surface area contributed by atoms with Gasteiger partial charge in [0.25, 0.3) is 0 Å². The minimum Gasteiger partial charge on any atom is -0.390 e. The third-order valence-electron chi connectivity index (χ3n) is 12.5. The van der Waals surface area contributed by atoms with Gasteiger partial charge in [0.2, 0.25) is 0 Å². The molecule has 0 saturated carbocycles. The fourth-order valence-electron chi connectivity index (χ4n) is 9.29. The number of carbonyl (C=O) groups is 4. The van der Waals surface area contributed by atoms with Gasteiger partial charge < -0.3 is 19.4 Å². The Morgan fingerprint density at radius 1 is 0.550 bits per heavy atom. The summed E-state index contributed by atoms with van der Waals surface area (Å²) in [6, 6.07) is 37.2. The Balaban J connectivity index is 0.862. The van der Waals surface area contributed by atoms with E-state index in [2.05, 4.69) is 92.6 Å². The molecule has 2 aromatic heterocycles. The second-order valence-electron chi connectivity index (χ2n) is 16.4. The van der Waals surface area contributed by atoms with Crippen molar-refractivity contribution in [2.75, 3.05) is 26.2 Å². The molecule has 8 rings (SSSR count). The smallest absolute Gasteiger partial charge is 0.338 e. The number of ether oxygens (including phenoxy) is 2. The summed E-state index contributed by atoms with van der Waals surface area (Å²) in [4.78, 5) is 63.8. The quantitative estimate of drug-likeness (QED) is 0.0636. The zero-order valence-electron chi connectivity index (χ0n) is 33.8. The maximum absolute atomic E-state index is 13.3. The number of rotatable bonds is 14. The van der Waals surface area contributed by atoms with Crippen LogP contribution in [0.3, 0.4) is 0 Å². The zero-order chi connectivity index (χ0) is 41.3. The van der Waals surface area contributed by atoms with Crippen molar-refractivity contribution in [3.05, 3.63) is 156 Å². The molecule has 4 heterocycles. The number of benzene rings is 4. The van der Waals surface area contributed by atoms with Crippen LogP contribution in [0.1, 0.15) is 72.6 Å². The molecule has 4 aromatic carbocycles. The molecule has 0 radical (unpaired) electrons. The van der Waals surface area contributed by atoms with E-state index in [4.69, 9.17) is 9.47 Å². The molecule has 0 bridgehead atoms. The van der Waals surface area contributed by atoms with Gasteiger partial charge in [-0.3, -0.25) is 19.4 Å². The van der Waals surface area contributed by atoms with Crippen LogP contribution >= 0.6 is 0 Å². The number of likely N-dealkylation sites (tertiary alicyclic amines) is 2. The number of hydrogen-bond donors (Lipinski definition) is 2. The first-order valence-electron chi connectivity index (χ1n) is 21.2. The van der Waals surface area contributed by atoms with Crippen LogP contribution in [0.5, 0.6) is 0 Å². The molecule has 2 N–H and O–H groups in total. The van der Waals surface area contributed by atoms with Crippen LogP contribution in [-0.4, -0.2) is 69.8 Å². The highest BCUT2D eigenvalue weighted by Gasteiger charge is 2.32. The monoisotopic (exact) mass is 804 g/mol. The number of aromatic amines is 2. The molecule has 2 aliphatic rings. The summed E-state index contributed by atoms with van der Waals surface area (Å²) in [6.45, 7) is 5.35. The number of piperidine rings is 2. The number of carbonyl (C=O) groups excluding carboxylic acids is 4. The number of aromatic nitrogens is 2. The standard InChI is InChI=1S/C50H52N4O6/c55-47(59-49(57)31-43(41-13-11-39-17-23-51-45(39)29-41)37-19-25-53(26-20-37)33-35-7-3-1-4-8-35)15-16-48(56)60-50(58)32-44(42-14-12-40-18-24-52-46(40)30-42)38-21-27-54(28-22-38)34-36-9-5-2-6-10-36/h1-18,23-24,29-30,37-38,43-44,51-52H,19-22,25-28,31-34H2/b16-15+. The Kier molecular flexibility index (Phi) is 13.1. The van der Waals surface area contributed by atoms with Crippen LogP contribution in [0.4, 0.5) is 0 Å². The van der Waals surface area contributed by atoms with Gasteiger partial charge in [-0.15, -0.1) is 0 Å². The van der Waals surface area contributed by atoms with Crippen LogP contribution in [0.15, 0.2) is 134 Å². The van der Waals surface area contributed by atoms with E-state index in [0.29, 0.717) is 0 Å². The van der Waals surface area contributed by atoms with E-state index in [0.717, 1.165) is 110 Å². The molecule has 2 fully saturated rings. The summed E-state index contributed by atoms with van der Waals surface area (Å²) < 4.78 is 10.4. The van der Waals surface area contributed by atoms with E-state index in [9.17, 15) is 19.2 Å². The van der Waals surface area contributed by atoms with Crippen LogP contribution in [0, 0.1) is 11.8 Å². The van der Waals surface area contributed by atoms with Gasteiger partial charge in [-0.1, -0.05) is 84.9 Å². The molecule has 0 aliphatic carbocycles. The summed E-state index contributed by atoms with van der Waals surface area (Å²) in [7, 11) is 0. The van der Waals surface area contributed by atoms with Crippen LogP contribution in [0.25, 0.3) is 21.8 Å². The average molecular weight is 805 g/mol. The molecule has 2 atom stereocenters. The van der Waals surface area contributed by atoms with Crippen LogP contribution < -0.4 is 0 Å². The first kappa shape index (κ1) is 40.7. The maximum Gasteiger partial charge on any atom is 0.338 e. The molecule has 6 aromatic rings. The van der Waals surface area contributed by atoms with E-state index in [1.807, 2.05) is 48.8 Å². The van der Waals surface area contributed by atoms with Crippen LogP contribution in [0.2, 0.25) is 0 Å². The van der Waals surface area contributed by atoms with Crippen molar-refractivity contribution in [1.29, 1.82) is 0 Å². The highest BCUT2D eigenvalue weighted by molar-refractivity contribution is 5.99. The summed E-state index contributed by atoms with van der Waals surface area (Å²) in [5.41, 5.74) is 6.53. The largest absolute Gasteiger partial charge is 0.390 e. The lowest BCUT2D eigenvalue weighted by atomic mass is 9.78. The molecule has 0 spiro atoms. The molecular weight excluding hydrogens is 753 g/mol. The lowest BCUT2D eigenvalue weighted by molar-refractivity contribution is -0.159. The predicted molar refractivity (Wildman–Crippen MR) is 232 cm³/mol. The predicted octanol–water partition coefficient (Wildman–Crippen LogP) is 8.82. The SMILES string of the molecule is O=C(/C=C/C(=O)OC(=O)CC(c1ccc2cc[nH]c2c1)C1CCN(Cc2ccccc2)CC1)OC(=O)CC(c1ccc2cc[nH]c2c1)C1CCN(Cc2ccccc2)CC1. The van der Waals surface area contributed by atoms with E-state index >= 15 is 0 Å². The lowest BCUT2D eigenvalue weighted by Crippen LogP contribution is -2.35. The fraction of sp³-hybridized carbons (Fsp3) is 0.320. The van der Waals surface area contributed by atoms with Gasteiger partial charge in [0.1, 0.15) is 0 Å². The third-order valence-corrected chi connectivity index (χ3v) is 12.5. The summed E-state index contributed by atoms with van der Waals surface area (Å²) in [6.07, 6.45) is 9.12. The van der Waals surface area contributed by atoms with Gasteiger partial charge in [-0.25, -0.2) is 9.59 Å². The van der Waals surface area contributed by atoms with Gasteiger partial charge in [0, 0.05) is 48.7 Å². The van der Waals surface area contributed by atoms with E-state index in [1.165, 1.54) is 11.1 Å². The molecule has 10 nitrogen and oxygen atoms in total. The Labute approximate surface area is 350 Å². The first-order chi connectivity index (χ1) is 29.3. The Bertz CT molecular complexity index is 2250.